The van der Waals surface area contributed by atoms with Crippen LogP contribution in [0.25, 0.3) is 0 Å². The average Bonchev–Trinajstić information content (AvgIpc) is 3.03. The van der Waals surface area contributed by atoms with E-state index in [0.29, 0.717) is 17.3 Å². The summed E-state index contributed by atoms with van der Waals surface area (Å²) in [5.41, 5.74) is 3.90. The third-order valence-electron chi connectivity index (χ3n) is 7.30. The molecule has 0 bridgehead atoms. The quantitative estimate of drug-likeness (QED) is 0.687. The minimum atomic E-state index is 0.0246. The molecular weight excluding hydrogens is 310 g/mol. The van der Waals surface area contributed by atoms with Gasteiger partial charge in [-0.15, -0.1) is 0 Å². The highest BCUT2D eigenvalue weighted by molar-refractivity contribution is 5.27. The zero-order chi connectivity index (χ0) is 17.4. The fourth-order valence-corrected chi connectivity index (χ4v) is 5.73. The molecule has 142 valence electrons. The summed E-state index contributed by atoms with van der Waals surface area (Å²) in [6, 6.07) is 0. The predicted molar refractivity (Wildman–Crippen MR) is 101 cm³/mol. The Morgan fingerprint density at radius 1 is 1.08 bits per heavy atom. The van der Waals surface area contributed by atoms with Crippen LogP contribution in [-0.2, 0) is 9.47 Å². The van der Waals surface area contributed by atoms with Gasteiger partial charge in [0.05, 0.1) is 12.7 Å². The van der Waals surface area contributed by atoms with Crippen LogP contribution >= 0.6 is 0 Å². The third kappa shape index (κ3) is 3.84. The van der Waals surface area contributed by atoms with Gasteiger partial charge in [-0.3, -0.25) is 0 Å². The molecule has 0 spiro atoms. The molecule has 2 fully saturated rings. The third-order valence-corrected chi connectivity index (χ3v) is 7.30. The van der Waals surface area contributed by atoms with E-state index in [1.165, 1.54) is 64.5 Å². The van der Waals surface area contributed by atoms with Gasteiger partial charge in [0, 0.05) is 12.5 Å². The molecule has 0 saturated carbocycles. The fraction of sp³-hybridized carbons (Fsp3) is 0.909. The Kier molecular flexibility index (Phi) is 5.28. The van der Waals surface area contributed by atoms with Crippen molar-refractivity contribution in [2.45, 2.75) is 84.5 Å². The molecule has 0 N–H and O–H groups in total. The van der Waals surface area contributed by atoms with Gasteiger partial charge in [0.25, 0.3) is 0 Å². The van der Waals surface area contributed by atoms with E-state index in [9.17, 15) is 0 Å². The normalized spacial score (nSPS) is 39.5. The number of rotatable bonds is 3. The van der Waals surface area contributed by atoms with Crippen LogP contribution in [0.1, 0.15) is 72.1 Å². The monoisotopic (exact) mass is 347 g/mol. The Labute approximate surface area is 154 Å². The van der Waals surface area contributed by atoms with Crippen molar-refractivity contribution >= 4 is 0 Å². The average molecular weight is 348 g/mol. The Morgan fingerprint density at radius 3 is 2.68 bits per heavy atom. The molecule has 0 aromatic carbocycles. The van der Waals surface area contributed by atoms with Crippen LogP contribution < -0.4 is 0 Å². The Morgan fingerprint density at radius 2 is 1.88 bits per heavy atom. The zero-order valence-electron chi connectivity index (χ0n) is 16.6. The summed E-state index contributed by atoms with van der Waals surface area (Å²) < 4.78 is 12.6. The highest BCUT2D eigenvalue weighted by Gasteiger charge is 2.42. The van der Waals surface area contributed by atoms with Crippen molar-refractivity contribution in [1.82, 2.24) is 4.90 Å². The molecule has 2 saturated heterocycles. The van der Waals surface area contributed by atoms with E-state index in [1.54, 1.807) is 11.1 Å². The maximum absolute atomic E-state index is 6.44. The Hall–Kier alpha value is -0.380. The summed E-state index contributed by atoms with van der Waals surface area (Å²) in [7, 11) is 0. The Balaban J connectivity index is 1.38. The molecule has 2 aliphatic heterocycles. The first-order valence-corrected chi connectivity index (χ1v) is 10.7. The smallest absolute Gasteiger partial charge is 0.161 e. The van der Waals surface area contributed by atoms with E-state index in [-0.39, 0.29) is 12.4 Å². The molecule has 0 radical (unpaired) electrons. The minimum Gasteiger partial charge on any atom is -0.350 e. The highest BCUT2D eigenvalue weighted by Crippen LogP contribution is 2.50. The number of likely N-dealkylation sites (tertiary alicyclic amines) is 1. The molecule has 0 unspecified atom stereocenters. The summed E-state index contributed by atoms with van der Waals surface area (Å²) in [5.74, 6) is 1.23. The molecule has 0 aromatic rings. The van der Waals surface area contributed by atoms with Gasteiger partial charge in [-0.2, -0.15) is 0 Å². The van der Waals surface area contributed by atoms with Crippen molar-refractivity contribution < 1.29 is 9.47 Å². The fourth-order valence-electron chi connectivity index (χ4n) is 5.73. The standard InChI is InChI=1S/C22H37NO2/c1-16-12-17-8-7-9-22(2,3)20(17)13-19(16)21-24-15-18(25-21)14-23-10-5-4-6-11-23/h16,18-19,21H,4-15H2,1-3H3/t16-,18+,19+,21-/m0/s1. The van der Waals surface area contributed by atoms with Gasteiger partial charge in [0.15, 0.2) is 6.29 Å². The summed E-state index contributed by atoms with van der Waals surface area (Å²) in [5, 5.41) is 0. The van der Waals surface area contributed by atoms with E-state index in [0.717, 1.165) is 13.2 Å². The van der Waals surface area contributed by atoms with Gasteiger partial charge in [0.2, 0.25) is 0 Å². The lowest BCUT2D eigenvalue weighted by molar-refractivity contribution is -0.115. The van der Waals surface area contributed by atoms with Crippen LogP contribution in [0.5, 0.6) is 0 Å². The molecule has 4 rings (SSSR count). The molecule has 3 heteroatoms. The SMILES string of the molecule is C[C@H]1CC2=C(C[C@H]1[C@H]1OC[C@@H](CN3CCCCC3)O1)C(C)(C)CCC2. The van der Waals surface area contributed by atoms with E-state index < -0.39 is 0 Å². The molecule has 4 atom stereocenters. The summed E-state index contributed by atoms with van der Waals surface area (Å²) >= 11 is 0. The van der Waals surface area contributed by atoms with Crippen LogP contribution in [0.2, 0.25) is 0 Å². The zero-order valence-corrected chi connectivity index (χ0v) is 16.6. The van der Waals surface area contributed by atoms with Crippen LogP contribution in [-0.4, -0.2) is 43.5 Å². The summed E-state index contributed by atoms with van der Waals surface area (Å²) in [6.45, 7) is 11.7. The number of hydrogen-bond acceptors (Lipinski definition) is 3. The molecule has 2 heterocycles. The summed E-state index contributed by atoms with van der Waals surface area (Å²) in [4.78, 5) is 2.58. The second-order valence-electron chi connectivity index (χ2n) is 9.69. The van der Waals surface area contributed by atoms with Crippen LogP contribution in [0.15, 0.2) is 11.1 Å². The van der Waals surface area contributed by atoms with Gasteiger partial charge in [-0.1, -0.05) is 38.3 Å². The number of hydrogen-bond donors (Lipinski definition) is 0. The van der Waals surface area contributed by atoms with Crippen molar-refractivity contribution in [2.24, 2.45) is 17.3 Å². The van der Waals surface area contributed by atoms with Crippen molar-refractivity contribution in [3.8, 4) is 0 Å². The lowest BCUT2D eigenvalue weighted by atomic mass is 9.63. The van der Waals surface area contributed by atoms with E-state index in [1.807, 2.05) is 0 Å². The van der Waals surface area contributed by atoms with E-state index >= 15 is 0 Å². The first kappa shape index (κ1) is 18.0. The largest absolute Gasteiger partial charge is 0.350 e. The van der Waals surface area contributed by atoms with Crippen LogP contribution in [0, 0.1) is 17.3 Å². The van der Waals surface area contributed by atoms with Gasteiger partial charge in [0.1, 0.15) is 0 Å². The second-order valence-corrected chi connectivity index (χ2v) is 9.69. The molecule has 2 aliphatic carbocycles. The van der Waals surface area contributed by atoms with Crippen molar-refractivity contribution in [1.29, 1.82) is 0 Å². The summed E-state index contributed by atoms with van der Waals surface area (Å²) in [6.07, 6.45) is 10.9. The first-order chi connectivity index (χ1) is 12.0. The second kappa shape index (κ2) is 7.32. The van der Waals surface area contributed by atoms with Crippen molar-refractivity contribution in [3.05, 3.63) is 11.1 Å². The van der Waals surface area contributed by atoms with Crippen LogP contribution in [0.3, 0.4) is 0 Å². The van der Waals surface area contributed by atoms with Crippen molar-refractivity contribution in [2.75, 3.05) is 26.2 Å². The number of allylic oxidation sites excluding steroid dienone is 2. The van der Waals surface area contributed by atoms with Gasteiger partial charge in [-0.05, 0) is 69.4 Å². The molecule has 3 nitrogen and oxygen atoms in total. The van der Waals surface area contributed by atoms with E-state index in [2.05, 4.69) is 25.7 Å². The molecule has 0 amide bonds. The minimum absolute atomic E-state index is 0.0246. The number of ether oxygens (including phenoxy) is 2. The number of nitrogens with zero attached hydrogens (tertiary/aromatic N) is 1. The maximum Gasteiger partial charge on any atom is 0.161 e. The van der Waals surface area contributed by atoms with E-state index in [4.69, 9.17) is 9.47 Å². The molecule has 4 aliphatic rings. The lowest BCUT2D eigenvalue weighted by Crippen LogP contribution is -2.39. The predicted octanol–water partition coefficient (Wildman–Crippen LogP) is 4.77. The van der Waals surface area contributed by atoms with Crippen molar-refractivity contribution in [3.63, 3.8) is 0 Å². The van der Waals surface area contributed by atoms with Crippen LogP contribution in [0.4, 0.5) is 0 Å². The van der Waals surface area contributed by atoms with Gasteiger partial charge in [-0.25, -0.2) is 0 Å². The Bertz CT molecular complexity index is 506. The highest BCUT2D eigenvalue weighted by atomic mass is 16.7. The van der Waals surface area contributed by atoms with Gasteiger partial charge >= 0.3 is 0 Å². The maximum atomic E-state index is 6.44. The van der Waals surface area contributed by atoms with Gasteiger partial charge < -0.3 is 14.4 Å². The molecular formula is C22H37NO2. The first-order valence-electron chi connectivity index (χ1n) is 10.7. The molecule has 0 aromatic heterocycles. The topological polar surface area (TPSA) is 21.7 Å². The molecule has 25 heavy (non-hydrogen) atoms. The number of piperidine rings is 1. The lowest BCUT2D eigenvalue weighted by Gasteiger charge is -2.44.